The summed E-state index contributed by atoms with van der Waals surface area (Å²) in [5, 5.41) is 9.73. The van der Waals surface area contributed by atoms with Gasteiger partial charge in [-0.1, -0.05) is 164 Å². The molecule has 0 N–H and O–H groups in total. The van der Waals surface area contributed by atoms with Crippen molar-refractivity contribution in [3.05, 3.63) is 224 Å². The van der Waals surface area contributed by atoms with Gasteiger partial charge in [0.2, 0.25) is 0 Å². The van der Waals surface area contributed by atoms with Crippen LogP contribution in [0, 0.1) is 0 Å². The smallest absolute Gasteiger partial charge is 0.0782 e. The van der Waals surface area contributed by atoms with Gasteiger partial charge in [-0.2, -0.15) is 0 Å². The molecule has 3 heteroatoms. The molecule has 0 aliphatic heterocycles. The van der Waals surface area contributed by atoms with Crippen LogP contribution in [-0.4, -0.2) is 9.13 Å². The van der Waals surface area contributed by atoms with Crippen LogP contribution in [0.15, 0.2) is 224 Å². The lowest BCUT2D eigenvalue weighted by Crippen LogP contribution is -2.13. The molecule has 0 bridgehead atoms. The number of fused-ring (bicyclic) bond motifs is 8. The van der Waals surface area contributed by atoms with Crippen molar-refractivity contribution >= 4 is 82.2 Å². The fourth-order valence-electron chi connectivity index (χ4n) is 9.56. The number of hydrogen-bond donors (Lipinski definition) is 0. The number of hydrogen-bond acceptors (Lipinski definition) is 1. The maximum Gasteiger partial charge on any atom is 0.0782 e. The minimum Gasteiger partial charge on any atom is -0.309 e. The van der Waals surface area contributed by atoms with Crippen LogP contribution in [-0.2, 0) is 0 Å². The Hall–Kier alpha value is -7.88. The van der Waals surface area contributed by atoms with E-state index in [1.54, 1.807) is 0 Å². The zero-order valence-corrected chi connectivity index (χ0v) is 32.2. The molecule has 10 aromatic carbocycles. The van der Waals surface area contributed by atoms with Gasteiger partial charge in [0.05, 0.1) is 39.1 Å². The van der Waals surface area contributed by atoms with E-state index in [0.29, 0.717) is 0 Å². The van der Waals surface area contributed by atoms with Crippen LogP contribution < -0.4 is 4.90 Å². The van der Waals surface area contributed by atoms with Gasteiger partial charge in [0.25, 0.3) is 0 Å². The Morgan fingerprint density at radius 3 is 1.51 bits per heavy atom. The van der Waals surface area contributed by atoms with Crippen LogP contribution in [0.2, 0.25) is 0 Å². The van der Waals surface area contributed by atoms with Gasteiger partial charge in [-0.15, -0.1) is 0 Å². The summed E-state index contributed by atoms with van der Waals surface area (Å²) in [6.45, 7) is 0. The average molecular weight is 752 g/mol. The fourth-order valence-corrected chi connectivity index (χ4v) is 9.56. The molecule has 0 amide bonds. The Kier molecular flexibility index (Phi) is 7.54. The van der Waals surface area contributed by atoms with E-state index in [9.17, 15) is 0 Å². The third kappa shape index (κ3) is 5.15. The van der Waals surface area contributed by atoms with Gasteiger partial charge in [-0.25, -0.2) is 0 Å². The second kappa shape index (κ2) is 13.4. The molecule has 3 nitrogen and oxygen atoms in total. The highest BCUT2D eigenvalue weighted by molar-refractivity contribution is 6.16. The predicted octanol–water partition coefficient (Wildman–Crippen LogP) is 15.3. The lowest BCUT2D eigenvalue weighted by atomic mass is 9.94. The summed E-state index contributed by atoms with van der Waals surface area (Å²) in [4.78, 5) is 2.51. The molecule has 0 radical (unpaired) electrons. The van der Waals surface area contributed by atoms with E-state index >= 15 is 0 Å². The number of aromatic nitrogens is 2. The van der Waals surface area contributed by atoms with Crippen molar-refractivity contribution in [3.8, 4) is 22.5 Å². The largest absolute Gasteiger partial charge is 0.309 e. The van der Waals surface area contributed by atoms with Gasteiger partial charge in [-0.3, -0.25) is 0 Å². The molecule has 12 rings (SSSR count). The number of benzene rings is 10. The van der Waals surface area contributed by atoms with E-state index in [1.165, 1.54) is 65.2 Å². The highest BCUT2D eigenvalue weighted by Crippen LogP contribution is 2.49. The molecule has 0 saturated heterocycles. The first-order valence-electron chi connectivity index (χ1n) is 20.3. The normalized spacial score (nSPS) is 11.7. The fraction of sp³-hybridized carbons (Fsp3) is 0. The summed E-state index contributed by atoms with van der Waals surface area (Å²) in [5.41, 5.74) is 12.6. The Morgan fingerprint density at radius 1 is 0.271 bits per heavy atom. The molecular formula is C56H37N3. The monoisotopic (exact) mass is 751 g/mol. The summed E-state index contributed by atoms with van der Waals surface area (Å²) in [6.07, 6.45) is 0. The van der Waals surface area contributed by atoms with Crippen molar-refractivity contribution in [2.75, 3.05) is 4.90 Å². The lowest BCUT2D eigenvalue weighted by Gasteiger charge is -2.30. The Labute approximate surface area is 341 Å². The molecule has 0 aliphatic rings. The van der Waals surface area contributed by atoms with Crippen LogP contribution in [0.3, 0.4) is 0 Å². The first-order valence-corrected chi connectivity index (χ1v) is 20.3. The van der Waals surface area contributed by atoms with E-state index in [0.717, 1.165) is 39.5 Å². The summed E-state index contributed by atoms with van der Waals surface area (Å²) < 4.78 is 4.88. The number of nitrogens with zero attached hydrogens (tertiary/aromatic N) is 3. The van der Waals surface area contributed by atoms with Crippen molar-refractivity contribution in [1.29, 1.82) is 0 Å². The van der Waals surface area contributed by atoms with Crippen molar-refractivity contribution in [3.63, 3.8) is 0 Å². The van der Waals surface area contributed by atoms with Gasteiger partial charge in [0, 0.05) is 43.9 Å². The van der Waals surface area contributed by atoms with Gasteiger partial charge in [0.1, 0.15) is 0 Å². The van der Waals surface area contributed by atoms with E-state index in [4.69, 9.17) is 0 Å². The molecule has 59 heavy (non-hydrogen) atoms. The first kappa shape index (κ1) is 33.3. The molecule has 2 heterocycles. The minimum atomic E-state index is 1.10. The van der Waals surface area contributed by atoms with Gasteiger partial charge >= 0.3 is 0 Å². The maximum absolute atomic E-state index is 2.51. The SMILES string of the molecule is c1ccc(-n2c3ccccc3c3cccc(N(c4ccccc4-c4cc(-n5c6ccccc6c6ccccc65)cc5ccccc45)c4cccc5ccccc45)c32)cc1. The molecule has 0 saturated carbocycles. The molecule has 2 aromatic heterocycles. The zero-order valence-electron chi connectivity index (χ0n) is 32.2. The van der Waals surface area contributed by atoms with Crippen LogP contribution in [0.1, 0.15) is 0 Å². The molecule has 0 fully saturated rings. The summed E-state index contributed by atoms with van der Waals surface area (Å²) in [7, 11) is 0. The second-order valence-electron chi connectivity index (χ2n) is 15.3. The Balaban J connectivity index is 1.20. The number of rotatable bonds is 6. The van der Waals surface area contributed by atoms with Crippen LogP contribution in [0.5, 0.6) is 0 Å². The molecule has 0 unspecified atom stereocenters. The van der Waals surface area contributed by atoms with E-state index in [1.807, 2.05) is 0 Å². The number of para-hydroxylation sites is 6. The molecule has 0 spiro atoms. The first-order chi connectivity index (χ1) is 29.3. The van der Waals surface area contributed by atoms with E-state index in [-0.39, 0.29) is 0 Å². The molecule has 12 aromatic rings. The van der Waals surface area contributed by atoms with Crippen molar-refractivity contribution in [1.82, 2.24) is 9.13 Å². The van der Waals surface area contributed by atoms with Gasteiger partial charge in [-0.05, 0) is 82.4 Å². The summed E-state index contributed by atoms with van der Waals surface area (Å²) in [6, 6.07) is 81.9. The predicted molar refractivity (Wildman–Crippen MR) is 250 cm³/mol. The molecule has 276 valence electrons. The quantitative estimate of drug-likeness (QED) is 0.165. The minimum absolute atomic E-state index is 1.10. The molecular weight excluding hydrogens is 715 g/mol. The third-order valence-corrected chi connectivity index (χ3v) is 12.1. The second-order valence-corrected chi connectivity index (χ2v) is 15.3. The number of anilines is 3. The van der Waals surface area contributed by atoms with E-state index in [2.05, 4.69) is 238 Å². The maximum atomic E-state index is 2.51. The third-order valence-electron chi connectivity index (χ3n) is 12.1. The van der Waals surface area contributed by atoms with Crippen LogP contribution in [0.25, 0.3) is 87.7 Å². The van der Waals surface area contributed by atoms with Crippen molar-refractivity contribution < 1.29 is 0 Å². The average Bonchev–Trinajstić information content (AvgIpc) is 3.83. The Morgan fingerprint density at radius 2 is 0.763 bits per heavy atom. The summed E-state index contributed by atoms with van der Waals surface area (Å²) >= 11 is 0. The van der Waals surface area contributed by atoms with Gasteiger partial charge in [0.15, 0.2) is 0 Å². The Bertz CT molecular complexity index is 3510. The lowest BCUT2D eigenvalue weighted by molar-refractivity contribution is 1.17. The van der Waals surface area contributed by atoms with Crippen LogP contribution in [0.4, 0.5) is 17.1 Å². The van der Waals surface area contributed by atoms with Crippen molar-refractivity contribution in [2.24, 2.45) is 0 Å². The van der Waals surface area contributed by atoms with Gasteiger partial charge < -0.3 is 14.0 Å². The molecule has 0 aliphatic carbocycles. The highest BCUT2D eigenvalue weighted by Gasteiger charge is 2.25. The van der Waals surface area contributed by atoms with E-state index < -0.39 is 0 Å². The van der Waals surface area contributed by atoms with Crippen LogP contribution >= 0.6 is 0 Å². The standard InChI is InChI=1S/C56H37N3/c1-2-21-40(22-3-1)58-53-32-14-10-27-46(53)48-29-17-35-55(56(48)58)59(50-34-16-20-38-18-4-7-24-43(38)50)54-33-15-11-28-47(54)49-37-41(36-39-19-5-6-23-42(39)49)57-51-30-12-8-25-44(51)45-26-9-13-31-52(45)57/h1-37H. The molecule has 0 atom stereocenters. The highest BCUT2D eigenvalue weighted by atomic mass is 15.2. The summed E-state index contributed by atoms with van der Waals surface area (Å²) in [5.74, 6) is 0. The zero-order chi connectivity index (χ0) is 38.9. The topological polar surface area (TPSA) is 13.1 Å². The van der Waals surface area contributed by atoms with Crippen molar-refractivity contribution in [2.45, 2.75) is 0 Å².